The molecule has 0 radical (unpaired) electrons. The average molecular weight is 613 g/mol. The molecule has 0 spiro atoms. The van der Waals surface area contributed by atoms with E-state index in [2.05, 4.69) is 14.8 Å². The van der Waals surface area contributed by atoms with E-state index >= 15 is 0 Å². The van der Waals surface area contributed by atoms with Crippen molar-refractivity contribution < 1.29 is 33.3 Å². The molecule has 2 fully saturated rings. The lowest BCUT2D eigenvalue weighted by Crippen LogP contribution is -2.49. The van der Waals surface area contributed by atoms with E-state index in [1.165, 1.54) is 0 Å². The Hall–Kier alpha value is -2.21. The van der Waals surface area contributed by atoms with Crippen LogP contribution >= 0.6 is 23.2 Å². The minimum Gasteiger partial charge on any atom is -0.490 e. The summed E-state index contributed by atoms with van der Waals surface area (Å²) in [5.74, 6) is -1.55. The van der Waals surface area contributed by atoms with Gasteiger partial charge in [-0.2, -0.15) is 0 Å². The smallest absolute Gasteiger partial charge is 0.336 e. The minimum atomic E-state index is -0.689. The molecule has 226 valence electrons. The van der Waals surface area contributed by atoms with Crippen molar-refractivity contribution in [3.05, 3.63) is 39.5 Å². The summed E-state index contributed by atoms with van der Waals surface area (Å²) in [4.78, 5) is 35.9. The van der Waals surface area contributed by atoms with Gasteiger partial charge in [-0.1, -0.05) is 30.1 Å². The van der Waals surface area contributed by atoms with Gasteiger partial charge in [0, 0.05) is 62.7 Å². The molecule has 10 nitrogen and oxygen atoms in total. The van der Waals surface area contributed by atoms with Crippen molar-refractivity contribution in [2.75, 3.05) is 78.9 Å². The second-order valence-corrected chi connectivity index (χ2v) is 11.3. The number of aliphatic imine (C=N–C) groups is 1. The molecule has 1 aromatic rings. The van der Waals surface area contributed by atoms with Crippen molar-refractivity contribution in [2.45, 2.75) is 26.9 Å². The highest BCUT2D eigenvalue weighted by Gasteiger charge is 2.40. The molecule has 2 saturated heterocycles. The number of esters is 2. The van der Waals surface area contributed by atoms with Crippen LogP contribution in [0.25, 0.3) is 0 Å². The van der Waals surface area contributed by atoms with E-state index in [4.69, 9.17) is 46.9 Å². The van der Waals surface area contributed by atoms with Crippen LogP contribution in [0.2, 0.25) is 10.0 Å². The lowest BCUT2D eigenvalue weighted by Gasteiger charge is -2.35. The van der Waals surface area contributed by atoms with Crippen LogP contribution in [-0.2, 0) is 28.5 Å². The maximum absolute atomic E-state index is 13.7. The number of benzene rings is 1. The summed E-state index contributed by atoms with van der Waals surface area (Å²) in [6.07, 6.45) is -0.334. The molecule has 12 heteroatoms. The Bertz CT molecular complexity index is 1110. The fraction of sp³-hybridized carbons (Fsp3) is 0.621. The maximum atomic E-state index is 13.7. The van der Waals surface area contributed by atoms with Gasteiger partial charge in [0.15, 0.2) is 0 Å². The van der Waals surface area contributed by atoms with Crippen molar-refractivity contribution >= 4 is 40.9 Å². The van der Waals surface area contributed by atoms with Gasteiger partial charge in [-0.3, -0.25) is 19.6 Å². The van der Waals surface area contributed by atoms with E-state index in [0.29, 0.717) is 72.3 Å². The molecule has 0 aromatic heterocycles. The lowest BCUT2D eigenvalue weighted by molar-refractivity contribution is -0.156. The molecule has 2 atom stereocenters. The predicted molar refractivity (Wildman–Crippen MR) is 156 cm³/mol. The number of carbonyl (C=O) groups excluding carboxylic acids is 2. The lowest BCUT2D eigenvalue weighted by atomic mass is 9.81. The SMILES string of the molecule is CC1=NC(C)=C(C(=O)OCCOc2ccc(Cl)c(Cl)c2)C(C)C1C(=O)OC(CN1CCOCC1)CN1CCOCC1. The number of hydrogen-bond acceptors (Lipinski definition) is 10. The van der Waals surface area contributed by atoms with Gasteiger partial charge in [0.05, 0.1) is 42.0 Å². The van der Waals surface area contributed by atoms with Gasteiger partial charge in [-0.05, 0) is 26.0 Å². The number of morpholine rings is 2. The third-order valence-electron chi connectivity index (χ3n) is 7.50. The first-order chi connectivity index (χ1) is 19.7. The van der Waals surface area contributed by atoms with E-state index in [-0.39, 0.29) is 25.3 Å². The number of allylic oxidation sites excluding steroid dienone is 1. The van der Waals surface area contributed by atoms with Crippen molar-refractivity contribution in [1.29, 1.82) is 0 Å². The van der Waals surface area contributed by atoms with Gasteiger partial charge in [0.2, 0.25) is 0 Å². The van der Waals surface area contributed by atoms with Crippen LogP contribution in [0.4, 0.5) is 0 Å². The van der Waals surface area contributed by atoms with Gasteiger partial charge in [0.25, 0.3) is 0 Å². The molecule has 0 amide bonds. The predicted octanol–water partition coefficient (Wildman–Crippen LogP) is 3.49. The molecule has 3 aliphatic heterocycles. The normalized spacial score (nSPS) is 22.4. The fourth-order valence-corrected chi connectivity index (χ4v) is 5.70. The fourth-order valence-electron chi connectivity index (χ4n) is 5.41. The Morgan fingerprint density at radius 2 is 1.59 bits per heavy atom. The standard InChI is InChI=1S/C29H39Cl2N3O7/c1-19-26(28(35)40-15-14-39-22-4-5-24(30)25(31)16-22)20(2)32-21(3)27(19)29(36)41-23(17-33-6-10-37-11-7-33)18-34-8-12-38-13-9-34/h4-5,16,19,23,27H,6-15,17-18H2,1-3H3. The van der Waals surface area contributed by atoms with Crippen LogP contribution in [0.3, 0.4) is 0 Å². The van der Waals surface area contributed by atoms with Crippen LogP contribution < -0.4 is 4.74 Å². The van der Waals surface area contributed by atoms with Crippen molar-refractivity contribution in [3.63, 3.8) is 0 Å². The molecular formula is C29H39Cl2N3O7. The zero-order chi connectivity index (χ0) is 29.4. The Kier molecular flexibility index (Phi) is 11.8. The molecule has 0 saturated carbocycles. The first-order valence-electron chi connectivity index (χ1n) is 14.0. The number of ether oxygens (including phenoxy) is 5. The van der Waals surface area contributed by atoms with E-state index in [1.807, 2.05) is 6.92 Å². The minimum absolute atomic E-state index is 0.0154. The second-order valence-electron chi connectivity index (χ2n) is 10.5. The quantitative estimate of drug-likeness (QED) is 0.275. The molecule has 4 rings (SSSR count). The highest BCUT2D eigenvalue weighted by Crippen LogP contribution is 2.32. The molecule has 41 heavy (non-hydrogen) atoms. The van der Waals surface area contributed by atoms with E-state index in [9.17, 15) is 9.59 Å². The summed E-state index contributed by atoms with van der Waals surface area (Å²) in [6, 6.07) is 4.92. The van der Waals surface area contributed by atoms with Crippen LogP contribution in [-0.4, -0.2) is 112 Å². The summed E-state index contributed by atoms with van der Waals surface area (Å²) in [5, 5.41) is 0.804. The molecule has 1 aromatic carbocycles. The monoisotopic (exact) mass is 611 g/mol. The third kappa shape index (κ3) is 8.89. The Morgan fingerprint density at radius 1 is 0.976 bits per heavy atom. The molecular weight excluding hydrogens is 573 g/mol. The first kappa shape index (κ1) is 31.7. The number of carbonyl (C=O) groups is 2. The van der Waals surface area contributed by atoms with E-state index in [1.54, 1.807) is 32.0 Å². The van der Waals surface area contributed by atoms with E-state index < -0.39 is 17.8 Å². The Labute approximate surface area is 251 Å². The average Bonchev–Trinajstić information content (AvgIpc) is 2.94. The van der Waals surface area contributed by atoms with E-state index in [0.717, 1.165) is 26.2 Å². The van der Waals surface area contributed by atoms with Crippen LogP contribution in [0.1, 0.15) is 20.8 Å². The van der Waals surface area contributed by atoms with Crippen LogP contribution in [0, 0.1) is 11.8 Å². The molecule has 3 heterocycles. The van der Waals surface area contributed by atoms with Gasteiger partial charge < -0.3 is 23.7 Å². The summed E-state index contributed by atoms with van der Waals surface area (Å²) in [7, 11) is 0. The summed E-state index contributed by atoms with van der Waals surface area (Å²) >= 11 is 12.0. The largest absolute Gasteiger partial charge is 0.490 e. The molecule has 0 aliphatic carbocycles. The highest BCUT2D eigenvalue weighted by molar-refractivity contribution is 6.42. The van der Waals surface area contributed by atoms with Gasteiger partial charge in [-0.25, -0.2) is 4.79 Å². The van der Waals surface area contributed by atoms with Gasteiger partial charge in [0.1, 0.15) is 31.0 Å². The molecule has 2 unspecified atom stereocenters. The summed E-state index contributed by atoms with van der Waals surface area (Å²) in [5.41, 5.74) is 1.52. The molecule has 0 N–H and O–H groups in total. The first-order valence-corrected chi connectivity index (χ1v) is 14.8. The topological polar surface area (TPSA) is 99.1 Å². The van der Waals surface area contributed by atoms with Gasteiger partial charge >= 0.3 is 11.9 Å². The zero-order valence-electron chi connectivity index (χ0n) is 23.9. The van der Waals surface area contributed by atoms with Crippen LogP contribution in [0.5, 0.6) is 5.75 Å². The summed E-state index contributed by atoms with van der Waals surface area (Å²) in [6.45, 7) is 12.6. The molecule has 0 bridgehead atoms. The second kappa shape index (κ2) is 15.3. The number of rotatable bonds is 11. The highest BCUT2D eigenvalue weighted by atomic mass is 35.5. The number of nitrogens with zero attached hydrogens (tertiary/aromatic N) is 3. The van der Waals surface area contributed by atoms with Crippen molar-refractivity contribution in [1.82, 2.24) is 9.80 Å². The number of halogens is 2. The van der Waals surface area contributed by atoms with Gasteiger partial charge in [-0.15, -0.1) is 0 Å². The third-order valence-corrected chi connectivity index (χ3v) is 8.24. The maximum Gasteiger partial charge on any atom is 0.336 e. The molecule has 3 aliphatic rings. The number of hydrogen-bond donors (Lipinski definition) is 0. The zero-order valence-corrected chi connectivity index (χ0v) is 25.4. The van der Waals surface area contributed by atoms with Crippen molar-refractivity contribution in [3.8, 4) is 5.75 Å². The Morgan fingerprint density at radius 3 is 2.17 bits per heavy atom. The van der Waals surface area contributed by atoms with Crippen LogP contribution in [0.15, 0.2) is 34.5 Å². The van der Waals surface area contributed by atoms with Crippen molar-refractivity contribution in [2.24, 2.45) is 16.8 Å². The Balaban J connectivity index is 1.36. The summed E-state index contributed by atoms with van der Waals surface area (Å²) < 4.78 is 28.3.